The fourth-order valence-corrected chi connectivity index (χ4v) is 6.00. The summed E-state index contributed by atoms with van der Waals surface area (Å²) < 4.78 is 75.8. The number of anilines is 2. The van der Waals surface area contributed by atoms with Gasteiger partial charge in [0.05, 0.1) is 48.2 Å². The normalized spacial score (nSPS) is 16.3. The predicted molar refractivity (Wildman–Crippen MR) is 141 cm³/mol. The molecule has 212 valence electrons. The average molecular weight is 586 g/mol. The highest BCUT2D eigenvalue weighted by atomic mass is 32.2. The van der Waals surface area contributed by atoms with Crippen LogP contribution in [0.4, 0.5) is 24.8 Å². The first-order valence-corrected chi connectivity index (χ1v) is 14.2. The lowest BCUT2D eigenvalue weighted by Gasteiger charge is -2.29. The first-order valence-electron chi connectivity index (χ1n) is 12.5. The van der Waals surface area contributed by atoms with E-state index in [-0.39, 0.29) is 60.7 Å². The topological polar surface area (TPSA) is 124 Å². The Labute approximate surface area is 232 Å². The van der Waals surface area contributed by atoms with E-state index in [1.807, 2.05) is 0 Å². The van der Waals surface area contributed by atoms with Crippen LogP contribution in [0, 0.1) is 0 Å². The molecular weight excluding hydrogens is 563 g/mol. The van der Waals surface area contributed by atoms with Crippen molar-refractivity contribution in [1.82, 2.24) is 20.3 Å². The van der Waals surface area contributed by atoms with Gasteiger partial charge in [0.1, 0.15) is 18.1 Å². The molecule has 0 radical (unpaired) electrons. The fraction of sp³-hybridized carbons (Fsp3) is 0.259. The molecule has 1 N–H and O–H groups in total. The van der Waals surface area contributed by atoms with Gasteiger partial charge in [0.25, 0.3) is 5.91 Å². The molecule has 6 rings (SSSR count). The highest BCUT2D eigenvalue weighted by Gasteiger charge is 2.35. The number of hydrogen-bond donors (Lipinski definition) is 1. The van der Waals surface area contributed by atoms with E-state index >= 15 is 0 Å². The second kappa shape index (κ2) is 10.3. The lowest BCUT2D eigenvalue weighted by molar-refractivity contribution is -0.141. The van der Waals surface area contributed by atoms with Gasteiger partial charge in [0, 0.05) is 17.1 Å². The summed E-state index contributed by atoms with van der Waals surface area (Å²) in [5.41, 5.74) is 0.649. The van der Waals surface area contributed by atoms with Gasteiger partial charge in [0.2, 0.25) is 0 Å². The number of sulfone groups is 1. The smallest absolute Gasteiger partial charge is 0.433 e. The van der Waals surface area contributed by atoms with Gasteiger partial charge in [-0.2, -0.15) is 13.2 Å². The number of nitrogens with one attached hydrogen (secondary N) is 1. The largest absolute Gasteiger partial charge is 0.488 e. The fourth-order valence-electron chi connectivity index (χ4n) is 4.61. The molecule has 0 aliphatic carbocycles. The first kappa shape index (κ1) is 26.9. The van der Waals surface area contributed by atoms with Gasteiger partial charge < -0.3 is 19.7 Å². The van der Waals surface area contributed by atoms with Crippen LogP contribution in [0.2, 0.25) is 0 Å². The summed E-state index contributed by atoms with van der Waals surface area (Å²) in [4.78, 5) is 27.3. The number of hydrogen-bond acceptors (Lipinski definition) is 9. The third kappa shape index (κ3) is 5.39. The molecule has 0 fully saturated rings. The van der Waals surface area contributed by atoms with Crippen LogP contribution >= 0.6 is 0 Å². The first-order chi connectivity index (χ1) is 19.6. The number of alkyl halides is 3. The maximum Gasteiger partial charge on any atom is 0.433 e. The van der Waals surface area contributed by atoms with Crippen LogP contribution in [0.25, 0.3) is 10.9 Å². The van der Waals surface area contributed by atoms with Crippen molar-refractivity contribution in [2.75, 3.05) is 30.4 Å². The summed E-state index contributed by atoms with van der Waals surface area (Å²) in [6.07, 6.45) is -3.03. The molecule has 1 aromatic carbocycles. The summed E-state index contributed by atoms with van der Waals surface area (Å²) in [7, 11) is -3.57. The molecule has 0 atom stereocenters. The van der Waals surface area contributed by atoms with Gasteiger partial charge in [-0.3, -0.25) is 9.78 Å². The highest BCUT2D eigenvalue weighted by Crippen LogP contribution is 2.38. The Morgan fingerprint density at radius 1 is 1.05 bits per heavy atom. The number of ether oxygens (including phenoxy) is 2. The lowest BCUT2D eigenvalue weighted by atomic mass is 10.1. The highest BCUT2D eigenvalue weighted by molar-refractivity contribution is 7.91. The molecule has 0 saturated heterocycles. The molecule has 5 heterocycles. The number of carbonyl (C=O) groups excluding carboxylic acids is 1. The van der Waals surface area contributed by atoms with E-state index in [0.29, 0.717) is 28.0 Å². The number of pyridine rings is 3. The Balaban J connectivity index is 1.23. The van der Waals surface area contributed by atoms with Crippen molar-refractivity contribution >= 4 is 38.3 Å². The van der Waals surface area contributed by atoms with Crippen LogP contribution in [0.15, 0.2) is 59.6 Å². The summed E-state index contributed by atoms with van der Waals surface area (Å²) in [6, 6.07) is 11.7. The Morgan fingerprint density at radius 3 is 2.73 bits per heavy atom. The van der Waals surface area contributed by atoms with Crippen molar-refractivity contribution in [3.8, 4) is 5.75 Å². The number of benzene rings is 1. The second-order valence-electron chi connectivity index (χ2n) is 9.43. The van der Waals surface area contributed by atoms with E-state index in [2.05, 4.69) is 20.3 Å². The molecule has 0 bridgehead atoms. The van der Waals surface area contributed by atoms with Gasteiger partial charge in [0.15, 0.2) is 21.4 Å². The van der Waals surface area contributed by atoms with E-state index in [1.165, 1.54) is 12.1 Å². The van der Waals surface area contributed by atoms with E-state index in [0.717, 1.165) is 6.07 Å². The molecule has 4 aromatic rings. The number of nitrogens with zero attached hydrogens (tertiary/aromatic N) is 4. The zero-order valence-electron chi connectivity index (χ0n) is 21.3. The summed E-state index contributed by atoms with van der Waals surface area (Å²) in [5.74, 6) is -0.00825. The monoisotopic (exact) mass is 585 g/mol. The van der Waals surface area contributed by atoms with Crippen LogP contribution in [-0.2, 0) is 33.9 Å². The molecular formula is C27H22F3N5O5S. The molecule has 3 aromatic heterocycles. The number of rotatable bonds is 4. The average Bonchev–Trinajstić information content (AvgIpc) is 3.11. The molecule has 0 saturated carbocycles. The van der Waals surface area contributed by atoms with Crippen molar-refractivity contribution in [1.29, 1.82) is 0 Å². The van der Waals surface area contributed by atoms with Crippen LogP contribution in [0.1, 0.15) is 27.3 Å². The van der Waals surface area contributed by atoms with Crippen molar-refractivity contribution in [2.45, 2.75) is 24.2 Å². The summed E-state index contributed by atoms with van der Waals surface area (Å²) in [6.45, 7) is 0.762. The zero-order chi connectivity index (χ0) is 28.8. The van der Waals surface area contributed by atoms with Gasteiger partial charge in [-0.15, -0.1) is 0 Å². The van der Waals surface area contributed by atoms with Crippen molar-refractivity contribution in [3.63, 3.8) is 0 Å². The van der Waals surface area contributed by atoms with Crippen molar-refractivity contribution < 1.29 is 35.9 Å². The Bertz CT molecular complexity index is 1780. The van der Waals surface area contributed by atoms with E-state index in [1.54, 1.807) is 41.4 Å². The molecule has 2 aliphatic rings. The molecule has 41 heavy (non-hydrogen) atoms. The second-order valence-corrected chi connectivity index (χ2v) is 11.5. The van der Waals surface area contributed by atoms with Crippen LogP contribution in [-0.4, -0.2) is 54.8 Å². The van der Waals surface area contributed by atoms with E-state index < -0.39 is 27.6 Å². The number of amides is 1. The van der Waals surface area contributed by atoms with Crippen LogP contribution < -0.4 is 15.0 Å². The third-order valence-corrected chi connectivity index (χ3v) is 8.45. The van der Waals surface area contributed by atoms with Gasteiger partial charge in [-0.1, -0.05) is 6.07 Å². The predicted octanol–water partition coefficient (Wildman–Crippen LogP) is 3.81. The Kier molecular flexibility index (Phi) is 6.74. The van der Waals surface area contributed by atoms with Gasteiger partial charge >= 0.3 is 6.18 Å². The molecule has 0 unspecified atom stereocenters. The van der Waals surface area contributed by atoms with Gasteiger partial charge in [-0.25, -0.2) is 18.4 Å². The molecule has 1 amide bonds. The van der Waals surface area contributed by atoms with Crippen LogP contribution in [0.3, 0.4) is 0 Å². The third-order valence-electron chi connectivity index (χ3n) is 6.70. The zero-order valence-corrected chi connectivity index (χ0v) is 22.1. The van der Waals surface area contributed by atoms with Gasteiger partial charge in [-0.05, 0) is 48.0 Å². The SMILES string of the molecule is O=C(NCc1cc2nc(N3CCOc4ccc(C(F)(F)F)nc43)ccc2cn1)c1ccc2c(c1)S(=O)(=O)CCOC2. The number of fused-ring (bicyclic) bond motifs is 3. The number of aromatic nitrogens is 3. The quantitative estimate of drug-likeness (QED) is 0.381. The van der Waals surface area contributed by atoms with Crippen molar-refractivity contribution in [3.05, 3.63) is 77.2 Å². The summed E-state index contributed by atoms with van der Waals surface area (Å²) in [5, 5.41) is 3.43. The lowest BCUT2D eigenvalue weighted by Crippen LogP contribution is -2.30. The minimum absolute atomic E-state index is 0.0220. The van der Waals surface area contributed by atoms with Crippen LogP contribution in [0.5, 0.6) is 5.75 Å². The standard InChI is InChI=1S/C27H22F3N5O5S/c28-27(29,30)23-5-4-21-25(34-23)35(7-8-40-21)24-6-3-17-13-31-19(12-20(17)33-24)14-32-26(36)16-1-2-18-15-39-9-10-41(37,38)22(18)11-16/h1-6,11-13H,7-10,14-15H2,(H,32,36). The Hall–Kier alpha value is -4.30. The maximum atomic E-state index is 13.3. The molecule has 0 spiro atoms. The maximum absolute atomic E-state index is 13.3. The molecule has 14 heteroatoms. The van der Waals surface area contributed by atoms with E-state index in [4.69, 9.17) is 9.47 Å². The number of carbonyl (C=O) groups is 1. The number of halogens is 3. The minimum Gasteiger partial charge on any atom is -0.488 e. The minimum atomic E-state index is -4.61. The van der Waals surface area contributed by atoms with Crippen molar-refractivity contribution in [2.24, 2.45) is 0 Å². The van der Waals surface area contributed by atoms with E-state index in [9.17, 15) is 26.4 Å². The summed E-state index contributed by atoms with van der Waals surface area (Å²) >= 11 is 0. The Morgan fingerprint density at radius 2 is 1.90 bits per heavy atom. The molecule has 10 nitrogen and oxygen atoms in total. The molecule has 2 aliphatic heterocycles.